The number of anilines is 1. The first-order valence-corrected chi connectivity index (χ1v) is 10.4. The smallest absolute Gasteiger partial charge is 0.264 e. The highest BCUT2D eigenvalue weighted by Gasteiger charge is 2.32. The van der Waals surface area contributed by atoms with Crippen molar-refractivity contribution in [2.75, 3.05) is 18.2 Å². The zero-order valence-electron chi connectivity index (χ0n) is 14.7. The molecule has 1 atom stereocenters. The summed E-state index contributed by atoms with van der Waals surface area (Å²) in [4.78, 5) is 22.9. The van der Waals surface area contributed by atoms with Gasteiger partial charge in [-0.3, -0.25) is 19.1 Å². The fourth-order valence-corrected chi connectivity index (χ4v) is 3.46. The van der Waals surface area contributed by atoms with Gasteiger partial charge in [0.1, 0.15) is 6.04 Å². The molecule has 1 unspecified atom stereocenters. The van der Waals surface area contributed by atoms with Crippen molar-refractivity contribution in [3.8, 4) is 5.75 Å². The van der Waals surface area contributed by atoms with Crippen LogP contribution in [-0.2, 0) is 23.9 Å². The Kier molecular flexibility index (Phi) is 5.66. The third-order valence-corrected chi connectivity index (χ3v) is 5.08. The van der Waals surface area contributed by atoms with E-state index in [1.165, 1.54) is 12.1 Å². The van der Waals surface area contributed by atoms with Crippen molar-refractivity contribution < 1.29 is 31.3 Å². The quantitative estimate of drug-likeness (QED) is 0.522. The molecule has 1 aromatic rings. The molecule has 8 nitrogen and oxygen atoms in total. The fourth-order valence-electron chi connectivity index (χ4n) is 3.02. The molecule has 1 aliphatic carbocycles. The number of carbonyl (C=O) groups excluding carboxylic acids is 2. The maximum atomic E-state index is 14.3. The average Bonchev–Trinajstić information content (AvgIpc) is 2.53. The van der Waals surface area contributed by atoms with E-state index in [1.54, 1.807) is 6.07 Å². The van der Waals surface area contributed by atoms with Crippen molar-refractivity contribution in [2.45, 2.75) is 37.8 Å². The Morgan fingerprint density at radius 3 is 2.67 bits per heavy atom. The molecular formula is C17H21FN2O6S. The summed E-state index contributed by atoms with van der Waals surface area (Å²) < 4.78 is 46.5. The first kappa shape index (κ1) is 19.6. The summed E-state index contributed by atoms with van der Waals surface area (Å²) in [5.74, 6) is -1.14. The van der Waals surface area contributed by atoms with Crippen LogP contribution in [0.25, 0.3) is 0 Å². The van der Waals surface area contributed by atoms with Gasteiger partial charge in [-0.15, -0.1) is 0 Å². The molecule has 1 aromatic carbocycles. The van der Waals surface area contributed by atoms with Gasteiger partial charge in [-0.1, -0.05) is 0 Å². The van der Waals surface area contributed by atoms with Crippen LogP contribution in [0.2, 0.25) is 0 Å². The Balaban J connectivity index is 1.49. The van der Waals surface area contributed by atoms with Gasteiger partial charge >= 0.3 is 0 Å². The van der Waals surface area contributed by atoms with Crippen LogP contribution in [0, 0.1) is 11.7 Å². The fraction of sp³-hybridized carbons (Fsp3) is 0.529. The molecule has 10 heteroatoms. The number of hydrogen-bond donors (Lipinski definition) is 2. The first-order chi connectivity index (χ1) is 12.7. The van der Waals surface area contributed by atoms with Gasteiger partial charge in [-0.2, -0.15) is 8.42 Å². The molecule has 1 saturated heterocycles. The largest absolute Gasteiger partial charge is 0.487 e. The van der Waals surface area contributed by atoms with Crippen molar-refractivity contribution in [2.24, 2.45) is 5.92 Å². The van der Waals surface area contributed by atoms with E-state index in [1.807, 2.05) is 0 Å². The van der Waals surface area contributed by atoms with Crippen molar-refractivity contribution in [1.29, 1.82) is 0 Å². The van der Waals surface area contributed by atoms with Crippen LogP contribution >= 0.6 is 0 Å². The normalized spacial score (nSPS) is 25.5. The molecular weight excluding hydrogens is 379 g/mol. The van der Waals surface area contributed by atoms with Crippen LogP contribution in [0.3, 0.4) is 0 Å². The van der Waals surface area contributed by atoms with E-state index in [0.717, 1.165) is 6.26 Å². The monoisotopic (exact) mass is 400 g/mol. The van der Waals surface area contributed by atoms with Crippen molar-refractivity contribution in [1.82, 2.24) is 5.32 Å². The van der Waals surface area contributed by atoms with Gasteiger partial charge in [0.15, 0.2) is 11.6 Å². The van der Waals surface area contributed by atoms with E-state index in [9.17, 15) is 22.4 Å². The molecule has 2 aliphatic rings. The standard InChI is InChI=1S/C17H21FN2O6S/c1-27(23,24)25-9-10-6-12(7-10)26-15-4-2-11(8-13(15)18)19-14-3-5-16(21)20-17(14)22/h2,4,8,10,12,14,19H,3,5-7,9H2,1H3,(H,20,21,22). The molecule has 2 N–H and O–H groups in total. The molecule has 1 saturated carbocycles. The number of amides is 2. The van der Waals surface area contributed by atoms with Crippen LogP contribution in [0.15, 0.2) is 18.2 Å². The summed E-state index contributed by atoms with van der Waals surface area (Å²) in [7, 11) is -3.46. The minimum absolute atomic E-state index is 0.0706. The Morgan fingerprint density at radius 1 is 1.30 bits per heavy atom. The van der Waals surface area contributed by atoms with Gasteiger partial charge in [0.25, 0.3) is 10.1 Å². The molecule has 2 amide bonds. The van der Waals surface area contributed by atoms with Gasteiger partial charge in [-0.25, -0.2) is 4.39 Å². The highest BCUT2D eigenvalue weighted by atomic mass is 32.2. The predicted octanol–water partition coefficient (Wildman–Crippen LogP) is 1.18. The lowest BCUT2D eigenvalue weighted by Crippen LogP contribution is -2.47. The topological polar surface area (TPSA) is 111 Å². The molecule has 1 heterocycles. The Hall–Kier alpha value is -2.20. The Bertz CT molecular complexity index is 838. The molecule has 27 heavy (non-hydrogen) atoms. The van der Waals surface area contributed by atoms with Gasteiger partial charge < -0.3 is 10.1 Å². The molecule has 0 aromatic heterocycles. The van der Waals surface area contributed by atoms with E-state index in [-0.39, 0.29) is 36.7 Å². The highest BCUT2D eigenvalue weighted by Crippen LogP contribution is 2.33. The second-order valence-electron chi connectivity index (χ2n) is 6.86. The first-order valence-electron chi connectivity index (χ1n) is 8.60. The van der Waals surface area contributed by atoms with Gasteiger partial charge in [0.2, 0.25) is 11.8 Å². The van der Waals surface area contributed by atoms with Crippen LogP contribution in [0.1, 0.15) is 25.7 Å². The summed E-state index contributed by atoms with van der Waals surface area (Å²) in [6.07, 6.45) is 2.57. The second kappa shape index (κ2) is 7.81. The summed E-state index contributed by atoms with van der Waals surface area (Å²) in [5.41, 5.74) is 0.419. The lowest BCUT2D eigenvalue weighted by Gasteiger charge is -2.34. The number of nitrogens with one attached hydrogen (secondary N) is 2. The van der Waals surface area contributed by atoms with Crippen LogP contribution < -0.4 is 15.4 Å². The lowest BCUT2D eigenvalue weighted by molar-refractivity contribution is -0.133. The number of imide groups is 1. The minimum atomic E-state index is -3.46. The molecule has 0 spiro atoms. The van der Waals surface area contributed by atoms with Gasteiger partial charge in [0, 0.05) is 18.2 Å². The van der Waals surface area contributed by atoms with E-state index in [2.05, 4.69) is 10.6 Å². The molecule has 1 aliphatic heterocycles. The summed E-state index contributed by atoms with van der Waals surface area (Å²) in [6.45, 7) is 0.107. The minimum Gasteiger partial charge on any atom is -0.487 e. The average molecular weight is 400 g/mol. The van der Waals surface area contributed by atoms with E-state index in [4.69, 9.17) is 8.92 Å². The zero-order chi connectivity index (χ0) is 19.6. The zero-order valence-corrected chi connectivity index (χ0v) is 15.6. The number of carbonyl (C=O) groups is 2. The van der Waals surface area contributed by atoms with Crippen molar-refractivity contribution in [3.63, 3.8) is 0 Å². The second-order valence-corrected chi connectivity index (χ2v) is 8.50. The van der Waals surface area contributed by atoms with Gasteiger partial charge in [0.05, 0.1) is 19.0 Å². The molecule has 0 radical (unpaired) electrons. The predicted molar refractivity (Wildman–Crippen MR) is 94.1 cm³/mol. The van der Waals surface area contributed by atoms with E-state index >= 15 is 0 Å². The summed E-state index contributed by atoms with van der Waals surface area (Å²) >= 11 is 0. The maximum absolute atomic E-state index is 14.3. The van der Waals surface area contributed by atoms with E-state index < -0.39 is 27.9 Å². The number of benzene rings is 1. The Labute approximate surface area is 156 Å². The number of halogens is 1. The van der Waals surface area contributed by atoms with Crippen LogP contribution in [0.5, 0.6) is 5.75 Å². The van der Waals surface area contributed by atoms with Crippen molar-refractivity contribution >= 4 is 27.6 Å². The molecule has 3 rings (SSSR count). The van der Waals surface area contributed by atoms with Crippen molar-refractivity contribution in [3.05, 3.63) is 24.0 Å². The number of piperidine rings is 1. The molecule has 0 bridgehead atoms. The van der Waals surface area contributed by atoms with Crippen LogP contribution in [0.4, 0.5) is 10.1 Å². The molecule has 2 fully saturated rings. The summed E-state index contributed by atoms with van der Waals surface area (Å²) in [6, 6.07) is 3.73. The number of hydrogen-bond acceptors (Lipinski definition) is 7. The van der Waals surface area contributed by atoms with E-state index in [0.29, 0.717) is 24.9 Å². The number of ether oxygens (including phenoxy) is 1. The third kappa shape index (κ3) is 5.39. The van der Waals surface area contributed by atoms with Crippen LogP contribution in [-0.4, -0.2) is 45.2 Å². The molecule has 148 valence electrons. The number of rotatable bonds is 7. The summed E-state index contributed by atoms with van der Waals surface area (Å²) in [5, 5.41) is 5.14. The SMILES string of the molecule is CS(=O)(=O)OCC1CC(Oc2ccc(NC3CCC(=O)NC3=O)cc2F)C1. The third-order valence-electron chi connectivity index (χ3n) is 4.52. The highest BCUT2D eigenvalue weighted by molar-refractivity contribution is 7.85. The Morgan fingerprint density at radius 2 is 2.04 bits per heavy atom. The maximum Gasteiger partial charge on any atom is 0.264 e. The van der Waals surface area contributed by atoms with Gasteiger partial charge in [-0.05, 0) is 37.3 Å². The lowest BCUT2D eigenvalue weighted by atomic mass is 9.83.